The fourth-order valence-corrected chi connectivity index (χ4v) is 1.89. The number of halogens is 1. The molecule has 1 aromatic rings. The molecule has 0 aliphatic carbocycles. The first-order valence-electron chi connectivity index (χ1n) is 5.83. The van der Waals surface area contributed by atoms with Gasteiger partial charge < -0.3 is 14.0 Å². The van der Waals surface area contributed by atoms with E-state index in [0.717, 1.165) is 0 Å². The molecule has 1 saturated heterocycles. The van der Waals surface area contributed by atoms with Gasteiger partial charge in [0, 0.05) is 0 Å². The van der Waals surface area contributed by atoms with Crippen LogP contribution in [0.2, 0.25) is 5.15 Å². The molecular weight excluding hydrogens is 252 g/mol. The van der Waals surface area contributed by atoms with E-state index in [1.165, 1.54) is 0 Å². The molecule has 1 aliphatic heterocycles. The standard InChI is InChI=1S/C12H17BClNO3/c1-11(2)12(3,4)18-13(17-11)10-8(16-5)6-7-9(14)15-10/h6-7H,1-5H3. The van der Waals surface area contributed by atoms with Crippen LogP contribution in [0.5, 0.6) is 5.75 Å². The van der Waals surface area contributed by atoms with Crippen molar-refractivity contribution in [2.24, 2.45) is 0 Å². The zero-order chi connectivity index (χ0) is 13.6. The van der Waals surface area contributed by atoms with E-state index in [-0.39, 0.29) is 0 Å². The Balaban J connectivity index is 2.37. The molecule has 4 nitrogen and oxygen atoms in total. The lowest BCUT2D eigenvalue weighted by Gasteiger charge is -2.32. The molecule has 1 aromatic heterocycles. The number of nitrogens with zero attached hydrogens (tertiary/aromatic N) is 1. The van der Waals surface area contributed by atoms with Crippen LogP contribution < -0.4 is 10.3 Å². The first kappa shape index (κ1) is 13.7. The van der Waals surface area contributed by atoms with Crippen LogP contribution in [0, 0.1) is 0 Å². The molecule has 1 fully saturated rings. The molecule has 1 aliphatic rings. The summed E-state index contributed by atoms with van der Waals surface area (Å²) >= 11 is 5.92. The van der Waals surface area contributed by atoms with Crippen molar-refractivity contribution >= 4 is 24.3 Å². The lowest BCUT2D eigenvalue weighted by molar-refractivity contribution is 0.00578. The lowest BCUT2D eigenvalue weighted by Crippen LogP contribution is -2.41. The van der Waals surface area contributed by atoms with Crippen LogP contribution in [0.4, 0.5) is 0 Å². The Hall–Kier alpha value is -0.775. The highest BCUT2D eigenvalue weighted by Crippen LogP contribution is 2.37. The summed E-state index contributed by atoms with van der Waals surface area (Å²) in [4.78, 5) is 4.25. The van der Waals surface area contributed by atoms with Gasteiger partial charge in [0.15, 0.2) is 0 Å². The summed E-state index contributed by atoms with van der Waals surface area (Å²) in [5.74, 6) is 0.609. The summed E-state index contributed by atoms with van der Waals surface area (Å²) in [6.07, 6.45) is 0. The normalized spacial score (nSPS) is 21.1. The smallest absolute Gasteiger partial charge is 0.496 e. The van der Waals surface area contributed by atoms with Crippen LogP contribution in [0.25, 0.3) is 0 Å². The Labute approximate surface area is 113 Å². The van der Waals surface area contributed by atoms with Crippen molar-refractivity contribution in [3.05, 3.63) is 17.3 Å². The lowest BCUT2D eigenvalue weighted by atomic mass is 9.83. The van der Waals surface area contributed by atoms with Crippen LogP contribution in [-0.2, 0) is 9.31 Å². The molecule has 0 atom stereocenters. The highest BCUT2D eigenvalue weighted by atomic mass is 35.5. The van der Waals surface area contributed by atoms with E-state index in [0.29, 0.717) is 16.5 Å². The summed E-state index contributed by atoms with van der Waals surface area (Å²) in [5.41, 5.74) is -0.247. The molecule has 0 radical (unpaired) electrons. The van der Waals surface area contributed by atoms with Crippen LogP contribution in [0.1, 0.15) is 27.7 Å². The number of methoxy groups -OCH3 is 1. The predicted octanol–water partition coefficient (Wildman–Crippen LogP) is 2.04. The third kappa shape index (κ3) is 2.22. The van der Waals surface area contributed by atoms with Gasteiger partial charge in [-0.15, -0.1) is 0 Å². The maximum Gasteiger partial charge on any atom is 0.518 e. The molecule has 2 rings (SSSR count). The van der Waals surface area contributed by atoms with E-state index in [9.17, 15) is 0 Å². The van der Waals surface area contributed by atoms with Crippen LogP contribution in [0.15, 0.2) is 12.1 Å². The zero-order valence-electron chi connectivity index (χ0n) is 11.3. The molecule has 0 unspecified atom stereocenters. The maximum absolute atomic E-state index is 5.92. The van der Waals surface area contributed by atoms with E-state index < -0.39 is 18.3 Å². The summed E-state index contributed by atoms with van der Waals surface area (Å²) in [7, 11) is 1.02. The Morgan fingerprint density at radius 2 is 1.72 bits per heavy atom. The Kier molecular flexibility index (Phi) is 3.34. The largest absolute Gasteiger partial charge is 0.518 e. The fraction of sp³-hybridized carbons (Fsp3) is 0.583. The van der Waals surface area contributed by atoms with E-state index >= 15 is 0 Å². The molecule has 0 saturated carbocycles. The van der Waals surface area contributed by atoms with Crippen molar-refractivity contribution in [1.82, 2.24) is 4.98 Å². The third-order valence-corrected chi connectivity index (χ3v) is 3.76. The molecule has 0 aromatic carbocycles. The van der Waals surface area contributed by atoms with Crippen molar-refractivity contribution in [2.45, 2.75) is 38.9 Å². The molecular formula is C12H17BClNO3. The molecule has 0 bridgehead atoms. The van der Waals surface area contributed by atoms with Gasteiger partial charge in [0.2, 0.25) is 0 Å². The van der Waals surface area contributed by atoms with Crippen molar-refractivity contribution < 1.29 is 14.0 Å². The summed E-state index contributed by atoms with van der Waals surface area (Å²) < 4.78 is 17.1. The number of rotatable bonds is 2. The van der Waals surface area contributed by atoms with Gasteiger partial charge in [0.1, 0.15) is 16.5 Å². The number of hydrogen-bond acceptors (Lipinski definition) is 4. The van der Waals surface area contributed by atoms with E-state index in [2.05, 4.69) is 4.98 Å². The van der Waals surface area contributed by atoms with Crippen molar-refractivity contribution in [2.75, 3.05) is 7.11 Å². The molecule has 0 spiro atoms. The van der Waals surface area contributed by atoms with Crippen LogP contribution >= 0.6 is 11.6 Å². The second-order valence-corrected chi connectivity index (χ2v) is 5.70. The predicted molar refractivity (Wildman–Crippen MR) is 71.5 cm³/mol. The molecule has 6 heteroatoms. The summed E-state index contributed by atoms with van der Waals surface area (Å²) in [6.45, 7) is 7.96. The Morgan fingerprint density at radius 1 is 1.17 bits per heavy atom. The quantitative estimate of drug-likeness (QED) is 0.608. The van der Waals surface area contributed by atoms with Gasteiger partial charge in [-0.3, -0.25) is 0 Å². The average molecular weight is 270 g/mol. The minimum absolute atomic E-state index is 0.389. The van der Waals surface area contributed by atoms with Crippen LogP contribution in [-0.4, -0.2) is 30.4 Å². The number of ether oxygens (including phenoxy) is 1. The first-order chi connectivity index (χ1) is 8.27. The molecule has 2 heterocycles. The highest BCUT2D eigenvalue weighted by Gasteiger charge is 2.53. The fourth-order valence-electron chi connectivity index (χ4n) is 1.73. The Bertz CT molecular complexity index is 449. The second kappa shape index (κ2) is 4.40. The Morgan fingerprint density at radius 3 is 2.22 bits per heavy atom. The molecule has 98 valence electrons. The van der Waals surface area contributed by atoms with Gasteiger partial charge in [-0.2, -0.15) is 0 Å². The molecule has 18 heavy (non-hydrogen) atoms. The van der Waals surface area contributed by atoms with Crippen LogP contribution in [0.3, 0.4) is 0 Å². The van der Waals surface area contributed by atoms with Gasteiger partial charge >= 0.3 is 7.12 Å². The first-order valence-corrected chi connectivity index (χ1v) is 6.21. The minimum atomic E-state index is -0.566. The van der Waals surface area contributed by atoms with Gasteiger partial charge in [-0.25, -0.2) is 4.98 Å². The van der Waals surface area contributed by atoms with Gasteiger partial charge in [-0.05, 0) is 39.8 Å². The van der Waals surface area contributed by atoms with Crippen molar-refractivity contribution in [3.63, 3.8) is 0 Å². The summed E-state index contributed by atoms with van der Waals surface area (Å²) in [6, 6.07) is 3.44. The number of hydrogen-bond donors (Lipinski definition) is 0. The molecule has 0 amide bonds. The topological polar surface area (TPSA) is 40.6 Å². The maximum atomic E-state index is 5.92. The highest BCUT2D eigenvalue weighted by molar-refractivity contribution is 6.62. The minimum Gasteiger partial charge on any atom is -0.496 e. The second-order valence-electron chi connectivity index (χ2n) is 5.31. The number of aromatic nitrogens is 1. The third-order valence-electron chi connectivity index (χ3n) is 3.55. The van der Waals surface area contributed by atoms with Gasteiger partial charge in [0.25, 0.3) is 0 Å². The number of pyridine rings is 1. The van der Waals surface area contributed by atoms with Gasteiger partial charge in [-0.1, -0.05) is 11.6 Å². The SMILES string of the molecule is COc1ccc(Cl)nc1B1OC(C)(C)C(C)(C)O1. The zero-order valence-corrected chi connectivity index (χ0v) is 12.0. The van der Waals surface area contributed by atoms with E-state index in [1.807, 2.05) is 27.7 Å². The average Bonchev–Trinajstić information content (AvgIpc) is 2.48. The van der Waals surface area contributed by atoms with E-state index in [1.54, 1.807) is 19.2 Å². The van der Waals surface area contributed by atoms with Crippen molar-refractivity contribution in [3.8, 4) is 5.75 Å². The van der Waals surface area contributed by atoms with Crippen molar-refractivity contribution in [1.29, 1.82) is 0 Å². The molecule has 0 N–H and O–H groups in total. The van der Waals surface area contributed by atoms with Gasteiger partial charge in [0.05, 0.1) is 18.3 Å². The monoisotopic (exact) mass is 269 g/mol. The van der Waals surface area contributed by atoms with E-state index in [4.69, 9.17) is 25.6 Å². The summed E-state index contributed by atoms with van der Waals surface area (Å²) in [5, 5.41) is 0.389.